The number of hydrogen-bond donors (Lipinski definition) is 2. The van der Waals surface area contributed by atoms with Gasteiger partial charge in [0.2, 0.25) is 5.91 Å². The minimum absolute atomic E-state index is 0.122. The van der Waals surface area contributed by atoms with Crippen molar-refractivity contribution in [2.45, 2.75) is 39.7 Å². The average Bonchev–Trinajstić information content (AvgIpc) is 3.06. The Morgan fingerprint density at radius 1 is 1.17 bits per heavy atom. The van der Waals surface area contributed by atoms with Gasteiger partial charge in [-0.05, 0) is 54.7 Å². The highest BCUT2D eigenvalue weighted by atomic mass is 32.1. The van der Waals surface area contributed by atoms with Crippen molar-refractivity contribution in [3.05, 3.63) is 59.5 Å². The van der Waals surface area contributed by atoms with Gasteiger partial charge in [-0.1, -0.05) is 38.1 Å². The van der Waals surface area contributed by atoms with Gasteiger partial charge in [0.25, 0.3) is 0 Å². The zero-order valence-electron chi connectivity index (χ0n) is 14.3. The molecule has 4 nitrogen and oxygen atoms in total. The van der Waals surface area contributed by atoms with E-state index in [1.807, 2.05) is 31.2 Å². The molecule has 0 aliphatic rings. The molecule has 0 radical (unpaired) electrons. The molecule has 0 aliphatic heterocycles. The van der Waals surface area contributed by atoms with Gasteiger partial charge >= 0.3 is 0 Å². The molecule has 1 aromatic heterocycles. The molecule has 2 aromatic rings. The van der Waals surface area contributed by atoms with E-state index in [9.17, 15) is 4.79 Å². The van der Waals surface area contributed by atoms with Gasteiger partial charge in [0.05, 0.1) is 18.7 Å². The van der Waals surface area contributed by atoms with Crippen molar-refractivity contribution in [2.75, 3.05) is 0 Å². The predicted octanol–water partition coefficient (Wildman–Crippen LogP) is 3.77. The second-order valence-electron chi connectivity index (χ2n) is 6.31. The van der Waals surface area contributed by atoms with Gasteiger partial charge in [-0.3, -0.25) is 4.79 Å². The fraction of sp³-hybridized carbons (Fsp3) is 0.368. The van der Waals surface area contributed by atoms with Gasteiger partial charge in [0.1, 0.15) is 5.76 Å². The number of nitrogens with one attached hydrogen (secondary N) is 2. The van der Waals surface area contributed by atoms with Crippen molar-refractivity contribution >= 4 is 23.2 Å². The number of amides is 1. The summed E-state index contributed by atoms with van der Waals surface area (Å²) in [7, 11) is 0. The molecule has 5 heteroatoms. The highest BCUT2D eigenvalue weighted by Gasteiger charge is 2.16. The lowest BCUT2D eigenvalue weighted by Gasteiger charge is -2.14. The van der Waals surface area contributed by atoms with Crippen molar-refractivity contribution in [1.29, 1.82) is 0 Å². The van der Waals surface area contributed by atoms with Crippen LogP contribution in [0.2, 0.25) is 0 Å². The number of carbonyl (C=O) groups is 1. The Bertz CT molecular complexity index is 663. The number of thiocarbonyl (C=S) groups is 1. The van der Waals surface area contributed by atoms with E-state index in [0.717, 1.165) is 17.7 Å². The van der Waals surface area contributed by atoms with E-state index in [4.69, 9.17) is 16.6 Å². The van der Waals surface area contributed by atoms with Gasteiger partial charge in [-0.25, -0.2) is 0 Å². The minimum atomic E-state index is -0.263. The van der Waals surface area contributed by atoms with Gasteiger partial charge in [0, 0.05) is 0 Å². The molecule has 2 N–H and O–H groups in total. The molecule has 1 amide bonds. The third-order valence-corrected chi connectivity index (χ3v) is 4.00. The summed E-state index contributed by atoms with van der Waals surface area (Å²) in [6.45, 7) is 6.72. The van der Waals surface area contributed by atoms with Crippen LogP contribution in [0.25, 0.3) is 0 Å². The van der Waals surface area contributed by atoms with Gasteiger partial charge < -0.3 is 15.1 Å². The van der Waals surface area contributed by atoms with Crippen LogP contribution in [-0.2, 0) is 17.8 Å². The Morgan fingerprint density at radius 2 is 1.88 bits per heavy atom. The first-order valence-electron chi connectivity index (χ1n) is 8.15. The normalized spacial score (nSPS) is 12.0. The maximum atomic E-state index is 12.3. The van der Waals surface area contributed by atoms with Crippen LogP contribution in [0, 0.1) is 5.92 Å². The maximum absolute atomic E-state index is 12.3. The molecule has 1 atom stereocenters. The number of furan rings is 1. The third-order valence-electron chi connectivity index (χ3n) is 3.76. The summed E-state index contributed by atoms with van der Waals surface area (Å²) in [6, 6.07) is 11.9. The molecule has 0 saturated carbocycles. The molecule has 1 unspecified atom stereocenters. The Kier molecular flexibility index (Phi) is 6.55. The number of hydrogen-bond acceptors (Lipinski definition) is 3. The van der Waals surface area contributed by atoms with Gasteiger partial charge in [-0.15, -0.1) is 0 Å². The van der Waals surface area contributed by atoms with Crippen molar-refractivity contribution in [1.82, 2.24) is 10.6 Å². The summed E-state index contributed by atoms with van der Waals surface area (Å²) >= 11 is 5.16. The van der Waals surface area contributed by atoms with Crippen molar-refractivity contribution in [3.8, 4) is 0 Å². The van der Waals surface area contributed by atoms with Crippen LogP contribution in [0.15, 0.2) is 47.1 Å². The largest absolute Gasteiger partial charge is 0.467 e. The molecule has 128 valence electrons. The molecule has 0 bridgehead atoms. The summed E-state index contributed by atoms with van der Waals surface area (Å²) in [4.78, 5) is 12.3. The summed E-state index contributed by atoms with van der Waals surface area (Å²) in [5, 5.41) is 5.99. The molecule has 0 saturated heterocycles. The van der Waals surface area contributed by atoms with E-state index in [0.29, 0.717) is 17.6 Å². The second kappa shape index (κ2) is 8.64. The SMILES string of the molecule is CC(C)Cc1ccc(C(C)C(=O)NC(=S)NCc2ccco2)cc1. The van der Waals surface area contributed by atoms with E-state index in [1.54, 1.807) is 6.26 Å². The molecular formula is C19H24N2O2S. The lowest BCUT2D eigenvalue weighted by molar-refractivity contribution is -0.120. The Balaban J connectivity index is 1.85. The maximum Gasteiger partial charge on any atom is 0.233 e. The lowest BCUT2D eigenvalue weighted by atomic mass is 9.96. The average molecular weight is 344 g/mol. The van der Waals surface area contributed by atoms with Crippen LogP contribution < -0.4 is 10.6 Å². The summed E-state index contributed by atoms with van der Waals surface area (Å²) in [5.74, 6) is 1.000. The molecular weight excluding hydrogens is 320 g/mol. The topological polar surface area (TPSA) is 54.3 Å². The Hall–Kier alpha value is -2.14. The smallest absolute Gasteiger partial charge is 0.233 e. The minimum Gasteiger partial charge on any atom is -0.467 e. The molecule has 0 aliphatic carbocycles. The van der Waals surface area contributed by atoms with E-state index in [2.05, 4.69) is 36.6 Å². The summed E-state index contributed by atoms with van der Waals surface area (Å²) < 4.78 is 5.21. The van der Waals surface area contributed by atoms with Crippen molar-refractivity contribution in [2.24, 2.45) is 5.92 Å². The summed E-state index contributed by atoms with van der Waals surface area (Å²) in [5.41, 5.74) is 2.27. The zero-order chi connectivity index (χ0) is 17.5. The third kappa shape index (κ3) is 5.49. The van der Waals surface area contributed by atoms with Gasteiger partial charge in [-0.2, -0.15) is 0 Å². The molecule has 0 spiro atoms. The monoisotopic (exact) mass is 344 g/mol. The van der Waals surface area contributed by atoms with Crippen LogP contribution in [0.1, 0.15) is 43.6 Å². The fourth-order valence-corrected chi connectivity index (χ4v) is 2.58. The first-order valence-corrected chi connectivity index (χ1v) is 8.56. The van der Waals surface area contributed by atoms with Crippen LogP contribution in [0.3, 0.4) is 0 Å². The van der Waals surface area contributed by atoms with E-state index < -0.39 is 0 Å². The Labute approximate surface area is 148 Å². The predicted molar refractivity (Wildman–Crippen MR) is 99.7 cm³/mol. The lowest BCUT2D eigenvalue weighted by Crippen LogP contribution is -2.40. The van der Waals surface area contributed by atoms with Crippen LogP contribution in [0.4, 0.5) is 0 Å². The molecule has 1 heterocycles. The quantitative estimate of drug-likeness (QED) is 0.783. The van der Waals surface area contributed by atoms with Crippen LogP contribution in [0.5, 0.6) is 0 Å². The zero-order valence-corrected chi connectivity index (χ0v) is 15.2. The standard InChI is InChI=1S/C19H24N2O2S/c1-13(2)11-15-6-8-16(9-7-15)14(3)18(22)21-19(24)20-12-17-5-4-10-23-17/h4-10,13-14H,11-12H2,1-3H3,(H2,20,21,22,24). The highest BCUT2D eigenvalue weighted by Crippen LogP contribution is 2.17. The molecule has 2 rings (SSSR count). The number of carbonyl (C=O) groups excluding carboxylic acids is 1. The molecule has 0 fully saturated rings. The fourth-order valence-electron chi connectivity index (χ4n) is 2.41. The molecule has 1 aromatic carbocycles. The van der Waals surface area contributed by atoms with E-state index in [-0.39, 0.29) is 11.8 Å². The van der Waals surface area contributed by atoms with Crippen molar-refractivity contribution in [3.63, 3.8) is 0 Å². The van der Waals surface area contributed by atoms with Crippen LogP contribution >= 0.6 is 12.2 Å². The Morgan fingerprint density at radius 3 is 2.46 bits per heavy atom. The molecule has 24 heavy (non-hydrogen) atoms. The van der Waals surface area contributed by atoms with E-state index in [1.165, 1.54) is 5.56 Å². The van der Waals surface area contributed by atoms with E-state index >= 15 is 0 Å². The second-order valence-corrected chi connectivity index (χ2v) is 6.72. The first kappa shape index (κ1) is 18.2. The number of rotatable bonds is 6. The highest BCUT2D eigenvalue weighted by molar-refractivity contribution is 7.80. The number of benzene rings is 1. The summed E-state index contributed by atoms with van der Waals surface area (Å²) in [6.07, 6.45) is 2.64. The van der Waals surface area contributed by atoms with Crippen LogP contribution in [-0.4, -0.2) is 11.0 Å². The van der Waals surface area contributed by atoms with Crippen molar-refractivity contribution < 1.29 is 9.21 Å². The first-order chi connectivity index (χ1) is 11.5. The van der Waals surface area contributed by atoms with Gasteiger partial charge in [0.15, 0.2) is 5.11 Å².